The number of hydrogen-bond acceptors (Lipinski definition) is 9. The topological polar surface area (TPSA) is 182 Å². The lowest BCUT2D eigenvalue weighted by atomic mass is 9.57. The van der Waals surface area contributed by atoms with Gasteiger partial charge in [-0.3, -0.25) is 24.0 Å². The largest absolute Gasteiger partial charge is 0.356 e. The summed E-state index contributed by atoms with van der Waals surface area (Å²) in [5.41, 5.74) is -1.13. The van der Waals surface area contributed by atoms with E-state index in [2.05, 4.69) is 40.4 Å². The fourth-order valence-electron chi connectivity index (χ4n) is 9.06. The van der Waals surface area contributed by atoms with E-state index in [-0.39, 0.29) is 73.7 Å². The molecule has 4 saturated heterocycles. The molecule has 9 atom stereocenters. The molecule has 0 aromatic heterocycles. The van der Waals surface area contributed by atoms with Crippen LogP contribution in [0, 0.1) is 35.3 Å². The van der Waals surface area contributed by atoms with Crippen molar-refractivity contribution in [1.29, 1.82) is 0 Å². The maximum Gasteiger partial charge on any atom is 0.254 e. The molecule has 1 saturated carbocycles. The molecule has 322 valence electrons. The Bertz CT molecular complexity index is 1910. The summed E-state index contributed by atoms with van der Waals surface area (Å²) in [6, 6.07) is 8.33. The molecule has 2 bridgehead atoms. The average Bonchev–Trinajstić information content (AvgIpc) is 3.40. The maximum atomic E-state index is 14.6. The molecule has 1 spiro atoms. The Morgan fingerprint density at radius 2 is 1.59 bits per heavy atom. The van der Waals surface area contributed by atoms with Crippen molar-refractivity contribution in [3.8, 4) is 11.1 Å². The second kappa shape index (κ2) is 18.0. The van der Waals surface area contributed by atoms with Gasteiger partial charge in [0, 0.05) is 49.5 Å². The standard InChI is InChI=1S/C43H57F2N5O9/c1-24-11-13-30-25(2)34(56-40-43(30)29(24)15-17-42(6,57-40)58-59-43)23-36(52)46-18-16-35(51)49-33(22-37(53)50-41(3,4)5)39(55)48-20-19-47-38(54)28-21-26(12-14-32(28)45)27-9-7-8-10-31(27)44/h7-10,12,14,21,24-25,29-30,33-34,40H,11,13,15-20,22-23H2,1-6H3,(H,46,52)(H,47,54)(H,48,55)(H,49,51)(H,50,53)/t24-,25-,29+,30+,33?,34-,40-,42-,43-/m1/s1. The van der Waals surface area contributed by atoms with Gasteiger partial charge in [0.2, 0.25) is 29.4 Å². The average molecular weight is 826 g/mol. The summed E-state index contributed by atoms with van der Waals surface area (Å²) >= 11 is 0. The fourth-order valence-corrected chi connectivity index (χ4v) is 9.06. The Kier molecular flexibility index (Phi) is 13.4. The highest BCUT2D eigenvalue weighted by molar-refractivity contribution is 5.96. The van der Waals surface area contributed by atoms with Crippen molar-refractivity contribution >= 4 is 29.5 Å². The zero-order chi connectivity index (χ0) is 42.7. The molecular formula is C43H57F2N5O9. The molecule has 59 heavy (non-hydrogen) atoms. The van der Waals surface area contributed by atoms with Crippen molar-refractivity contribution in [2.75, 3.05) is 19.6 Å². The van der Waals surface area contributed by atoms with Crippen molar-refractivity contribution in [1.82, 2.24) is 26.6 Å². The summed E-state index contributed by atoms with van der Waals surface area (Å²) in [5.74, 6) is -4.46. The Labute approximate surface area is 343 Å². The first-order chi connectivity index (χ1) is 27.9. The van der Waals surface area contributed by atoms with Crippen LogP contribution in [0.5, 0.6) is 0 Å². The third-order valence-corrected chi connectivity index (χ3v) is 12.0. The first kappa shape index (κ1) is 44.1. The van der Waals surface area contributed by atoms with E-state index in [1.807, 2.05) is 6.92 Å². The molecule has 14 nitrogen and oxygen atoms in total. The molecule has 4 aliphatic heterocycles. The molecular weight excluding hydrogens is 768 g/mol. The van der Waals surface area contributed by atoms with Crippen LogP contribution in [0.3, 0.4) is 0 Å². The van der Waals surface area contributed by atoms with Gasteiger partial charge in [-0.25, -0.2) is 18.6 Å². The third-order valence-electron chi connectivity index (χ3n) is 12.0. The van der Waals surface area contributed by atoms with E-state index in [9.17, 15) is 32.8 Å². The molecule has 4 heterocycles. The molecule has 1 unspecified atom stereocenters. The number of carbonyl (C=O) groups excluding carboxylic acids is 5. The van der Waals surface area contributed by atoms with Crippen LogP contribution in [0.1, 0.15) is 96.8 Å². The van der Waals surface area contributed by atoms with Gasteiger partial charge in [0.05, 0.1) is 24.5 Å². The number of fused-ring (bicyclic) bond motifs is 2. The molecule has 5 aliphatic rings. The quantitative estimate of drug-likeness (QED) is 0.136. The van der Waals surface area contributed by atoms with E-state index in [1.54, 1.807) is 26.8 Å². The highest BCUT2D eigenvalue weighted by Crippen LogP contribution is 2.60. The Morgan fingerprint density at radius 1 is 0.847 bits per heavy atom. The van der Waals surface area contributed by atoms with Gasteiger partial charge in [-0.2, -0.15) is 0 Å². The van der Waals surface area contributed by atoms with Crippen molar-refractivity contribution in [3.05, 3.63) is 59.7 Å². The first-order valence-electron chi connectivity index (χ1n) is 20.6. The SMILES string of the molecule is C[C@H]1[C@@H](CC(=O)NCCC(=O)NC(CC(=O)NC(C)(C)C)C(=O)NCCNC(=O)c2cc(-c3ccccc3F)ccc2F)O[C@@H]2O[C@@]3(C)CC[C@H]4[C@H](C)CC[C@@H]1[C@@]24OO3. The number of halogens is 2. The highest BCUT2D eigenvalue weighted by Gasteiger charge is 2.69. The van der Waals surface area contributed by atoms with Crippen LogP contribution in [-0.4, -0.2) is 84.5 Å². The van der Waals surface area contributed by atoms with E-state index in [0.717, 1.165) is 25.3 Å². The first-order valence-corrected chi connectivity index (χ1v) is 20.6. The number of amides is 5. The van der Waals surface area contributed by atoms with E-state index in [1.165, 1.54) is 30.3 Å². The second-order valence-corrected chi connectivity index (χ2v) is 17.6. The fraction of sp³-hybridized carbons (Fsp3) is 0.605. The predicted octanol–water partition coefficient (Wildman–Crippen LogP) is 4.41. The maximum absolute atomic E-state index is 14.6. The zero-order valence-corrected chi connectivity index (χ0v) is 34.6. The minimum Gasteiger partial charge on any atom is -0.356 e. The summed E-state index contributed by atoms with van der Waals surface area (Å²) < 4.78 is 41.8. The molecule has 2 aromatic rings. The Hall–Kier alpha value is -4.51. The molecule has 2 aromatic carbocycles. The molecule has 5 fully saturated rings. The number of nitrogens with one attached hydrogen (secondary N) is 5. The van der Waals surface area contributed by atoms with E-state index >= 15 is 0 Å². The molecule has 5 amide bonds. The normalized spacial score (nSPS) is 28.9. The summed E-state index contributed by atoms with van der Waals surface area (Å²) in [4.78, 5) is 77.3. The molecule has 5 N–H and O–H groups in total. The molecule has 0 radical (unpaired) electrons. The van der Waals surface area contributed by atoms with Crippen LogP contribution in [0.15, 0.2) is 42.5 Å². The van der Waals surface area contributed by atoms with Crippen LogP contribution in [0.4, 0.5) is 8.78 Å². The molecule has 1 aliphatic carbocycles. The van der Waals surface area contributed by atoms with Crippen molar-refractivity contribution in [2.24, 2.45) is 23.7 Å². The van der Waals surface area contributed by atoms with Crippen LogP contribution in [0.25, 0.3) is 11.1 Å². The lowest BCUT2D eigenvalue weighted by Gasteiger charge is -2.60. The van der Waals surface area contributed by atoms with E-state index in [4.69, 9.17) is 19.2 Å². The second-order valence-electron chi connectivity index (χ2n) is 17.6. The third kappa shape index (κ3) is 10.1. The van der Waals surface area contributed by atoms with E-state index < -0.39 is 70.6 Å². The minimum atomic E-state index is -1.28. The van der Waals surface area contributed by atoms with Crippen LogP contribution in [0.2, 0.25) is 0 Å². The predicted molar refractivity (Wildman–Crippen MR) is 211 cm³/mol. The summed E-state index contributed by atoms with van der Waals surface area (Å²) in [6.07, 6.45) is 1.87. The molecule has 7 rings (SSSR count). The zero-order valence-electron chi connectivity index (χ0n) is 34.6. The van der Waals surface area contributed by atoms with Crippen LogP contribution < -0.4 is 26.6 Å². The van der Waals surface area contributed by atoms with Gasteiger partial charge >= 0.3 is 0 Å². The van der Waals surface area contributed by atoms with Gasteiger partial charge in [0.15, 0.2) is 11.9 Å². The van der Waals surface area contributed by atoms with Gasteiger partial charge in [0.1, 0.15) is 17.7 Å². The smallest absolute Gasteiger partial charge is 0.254 e. The van der Waals surface area contributed by atoms with E-state index in [0.29, 0.717) is 17.9 Å². The number of benzene rings is 2. The van der Waals surface area contributed by atoms with Crippen molar-refractivity contribution < 1.29 is 52.0 Å². The van der Waals surface area contributed by atoms with Gasteiger partial charge in [-0.1, -0.05) is 38.1 Å². The molecule has 16 heteroatoms. The number of rotatable bonds is 14. The lowest BCUT2D eigenvalue weighted by Crippen LogP contribution is -2.70. The summed E-state index contributed by atoms with van der Waals surface area (Å²) in [6.45, 7) is 11.2. The van der Waals surface area contributed by atoms with Gasteiger partial charge < -0.3 is 36.1 Å². The lowest BCUT2D eigenvalue weighted by molar-refractivity contribution is -0.570. The van der Waals surface area contributed by atoms with Gasteiger partial charge in [-0.15, -0.1) is 0 Å². The van der Waals surface area contributed by atoms with Crippen LogP contribution in [-0.2, 0) is 38.4 Å². The summed E-state index contributed by atoms with van der Waals surface area (Å²) in [5, 5.41) is 13.3. The Morgan fingerprint density at radius 3 is 2.34 bits per heavy atom. The highest BCUT2D eigenvalue weighted by atomic mass is 19.1. The van der Waals surface area contributed by atoms with Gasteiger partial charge in [-0.05, 0) is 88.5 Å². The van der Waals surface area contributed by atoms with Crippen molar-refractivity contribution in [3.63, 3.8) is 0 Å². The van der Waals surface area contributed by atoms with Crippen LogP contribution >= 0.6 is 0 Å². The van der Waals surface area contributed by atoms with Gasteiger partial charge in [0.25, 0.3) is 5.91 Å². The minimum absolute atomic E-state index is 0.0308. The van der Waals surface area contributed by atoms with Crippen molar-refractivity contribution in [2.45, 2.75) is 122 Å². The summed E-state index contributed by atoms with van der Waals surface area (Å²) in [7, 11) is 0. The number of ether oxygens (including phenoxy) is 2. The monoisotopic (exact) mass is 825 g/mol. The number of carbonyl (C=O) groups is 5. The Balaban J connectivity index is 0.991. The number of hydrogen-bond donors (Lipinski definition) is 5.